The summed E-state index contributed by atoms with van der Waals surface area (Å²) in [6.07, 6.45) is 2.04. The number of nitrogens with two attached hydrogens (primary N) is 1. The van der Waals surface area contributed by atoms with Gasteiger partial charge in [0.1, 0.15) is 5.75 Å². The lowest BCUT2D eigenvalue weighted by Gasteiger charge is -2.22. The SMILES string of the molecule is COc1cc(SC)ccc1C(C)(C)N. The van der Waals surface area contributed by atoms with E-state index in [2.05, 4.69) is 6.07 Å². The summed E-state index contributed by atoms with van der Waals surface area (Å²) in [5.41, 5.74) is 6.72. The van der Waals surface area contributed by atoms with E-state index < -0.39 is 0 Å². The van der Waals surface area contributed by atoms with Crippen molar-refractivity contribution in [1.82, 2.24) is 0 Å². The fourth-order valence-electron chi connectivity index (χ4n) is 1.33. The fourth-order valence-corrected chi connectivity index (χ4v) is 1.76. The highest BCUT2D eigenvalue weighted by Gasteiger charge is 2.19. The quantitative estimate of drug-likeness (QED) is 0.781. The molecule has 78 valence electrons. The monoisotopic (exact) mass is 211 g/mol. The summed E-state index contributed by atoms with van der Waals surface area (Å²) < 4.78 is 5.32. The maximum atomic E-state index is 6.04. The Kier molecular flexibility index (Phi) is 3.45. The van der Waals surface area contributed by atoms with Crippen molar-refractivity contribution in [3.63, 3.8) is 0 Å². The van der Waals surface area contributed by atoms with Crippen molar-refractivity contribution in [3.8, 4) is 5.75 Å². The Bertz CT molecular complexity index is 318. The van der Waals surface area contributed by atoms with Gasteiger partial charge in [0.05, 0.1) is 7.11 Å². The first-order chi connectivity index (χ1) is 6.49. The lowest BCUT2D eigenvalue weighted by atomic mass is 9.95. The van der Waals surface area contributed by atoms with Gasteiger partial charge in [-0.3, -0.25) is 0 Å². The molecule has 0 atom stereocenters. The molecular formula is C11H17NOS. The van der Waals surface area contributed by atoms with E-state index in [1.165, 1.54) is 4.90 Å². The Morgan fingerprint density at radius 2 is 2.00 bits per heavy atom. The van der Waals surface area contributed by atoms with Crippen LogP contribution in [0.4, 0.5) is 0 Å². The molecule has 0 fully saturated rings. The van der Waals surface area contributed by atoms with Crippen LogP contribution in [0.5, 0.6) is 5.75 Å². The van der Waals surface area contributed by atoms with Gasteiger partial charge >= 0.3 is 0 Å². The number of methoxy groups -OCH3 is 1. The van der Waals surface area contributed by atoms with Crippen LogP contribution in [0.1, 0.15) is 19.4 Å². The minimum Gasteiger partial charge on any atom is -0.496 e. The van der Waals surface area contributed by atoms with E-state index in [4.69, 9.17) is 10.5 Å². The zero-order chi connectivity index (χ0) is 10.8. The molecule has 2 N–H and O–H groups in total. The second kappa shape index (κ2) is 4.24. The zero-order valence-corrected chi connectivity index (χ0v) is 9.94. The maximum Gasteiger partial charge on any atom is 0.125 e. The summed E-state index contributed by atoms with van der Waals surface area (Å²) in [7, 11) is 1.68. The van der Waals surface area contributed by atoms with E-state index in [9.17, 15) is 0 Å². The molecule has 1 aromatic carbocycles. The lowest BCUT2D eigenvalue weighted by molar-refractivity contribution is 0.393. The number of hydrogen-bond donors (Lipinski definition) is 1. The van der Waals surface area contributed by atoms with E-state index in [1.807, 2.05) is 32.2 Å². The second-order valence-corrected chi connectivity index (χ2v) is 4.67. The van der Waals surface area contributed by atoms with Crippen molar-refractivity contribution < 1.29 is 4.74 Å². The van der Waals surface area contributed by atoms with Crippen LogP contribution >= 0.6 is 11.8 Å². The Morgan fingerprint density at radius 3 is 2.43 bits per heavy atom. The molecule has 2 nitrogen and oxygen atoms in total. The number of benzene rings is 1. The lowest BCUT2D eigenvalue weighted by Crippen LogP contribution is -2.29. The minimum atomic E-state index is -0.359. The van der Waals surface area contributed by atoms with Crippen LogP contribution in [0.15, 0.2) is 23.1 Å². The Labute approximate surface area is 89.8 Å². The highest BCUT2D eigenvalue weighted by Crippen LogP contribution is 2.31. The average molecular weight is 211 g/mol. The molecule has 1 aromatic rings. The molecule has 0 saturated heterocycles. The molecule has 1 rings (SSSR count). The average Bonchev–Trinajstić information content (AvgIpc) is 2.15. The van der Waals surface area contributed by atoms with E-state index >= 15 is 0 Å². The van der Waals surface area contributed by atoms with Crippen LogP contribution in [-0.2, 0) is 5.54 Å². The van der Waals surface area contributed by atoms with Crippen LogP contribution in [-0.4, -0.2) is 13.4 Å². The fraction of sp³-hybridized carbons (Fsp3) is 0.455. The summed E-state index contributed by atoms with van der Waals surface area (Å²) in [5, 5.41) is 0. The first-order valence-electron chi connectivity index (χ1n) is 4.50. The van der Waals surface area contributed by atoms with Crippen molar-refractivity contribution in [3.05, 3.63) is 23.8 Å². The predicted molar refractivity (Wildman–Crippen MR) is 62.0 cm³/mol. The van der Waals surface area contributed by atoms with Gasteiger partial charge < -0.3 is 10.5 Å². The molecule has 0 aliphatic heterocycles. The van der Waals surface area contributed by atoms with Crippen LogP contribution in [0.3, 0.4) is 0 Å². The second-order valence-electron chi connectivity index (χ2n) is 3.79. The predicted octanol–water partition coefficient (Wildman–Crippen LogP) is 2.61. The summed E-state index contributed by atoms with van der Waals surface area (Å²) in [6.45, 7) is 3.95. The third kappa shape index (κ3) is 2.42. The molecule has 0 aliphatic rings. The Hall–Kier alpha value is -0.670. The summed E-state index contributed by atoms with van der Waals surface area (Å²) >= 11 is 1.70. The van der Waals surface area contributed by atoms with Gasteiger partial charge in [-0.15, -0.1) is 11.8 Å². The van der Waals surface area contributed by atoms with Crippen molar-refractivity contribution in [2.24, 2.45) is 5.73 Å². The van der Waals surface area contributed by atoms with Crippen LogP contribution in [0.25, 0.3) is 0 Å². The molecule has 0 bridgehead atoms. The molecule has 0 aromatic heterocycles. The van der Waals surface area contributed by atoms with Gasteiger partial charge in [0.2, 0.25) is 0 Å². The maximum absolute atomic E-state index is 6.04. The zero-order valence-electron chi connectivity index (χ0n) is 9.13. The van der Waals surface area contributed by atoms with Gasteiger partial charge in [-0.25, -0.2) is 0 Å². The first kappa shape index (κ1) is 11.4. The molecule has 0 radical (unpaired) electrons. The molecule has 14 heavy (non-hydrogen) atoms. The standard InChI is InChI=1S/C11H17NOS/c1-11(2,12)9-6-5-8(14-4)7-10(9)13-3/h5-7H,12H2,1-4H3. The van der Waals surface area contributed by atoms with E-state index in [1.54, 1.807) is 18.9 Å². The number of thioether (sulfide) groups is 1. The Balaban J connectivity index is 3.18. The molecule has 0 spiro atoms. The molecular weight excluding hydrogens is 194 g/mol. The van der Waals surface area contributed by atoms with Crippen molar-refractivity contribution in [2.45, 2.75) is 24.3 Å². The summed E-state index contributed by atoms with van der Waals surface area (Å²) in [4.78, 5) is 1.19. The first-order valence-corrected chi connectivity index (χ1v) is 5.73. The third-order valence-corrected chi connectivity index (χ3v) is 2.83. The summed E-state index contributed by atoms with van der Waals surface area (Å²) in [6, 6.07) is 6.12. The van der Waals surface area contributed by atoms with Crippen molar-refractivity contribution >= 4 is 11.8 Å². The molecule has 0 amide bonds. The van der Waals surface area contributed by atoms with Gasteiger partial charge in [0.25, 0.3) is 0 Å². The topological polar surface area (TPSA) is 35.2 Å². The highest BCUT2D eigenvalue weighted by atomic mass is 32.2. The largest absolute Gasteiger partial charge is 0.496 e. The van der Waals surface area contributed by atoms with Crippen LogP contribution < -0.4 is 10.5 Å². The third-order valence-electron chi connectivity index (χ3n) is 2.10. The molecule has 0 aliphatic carbocycles. The molecule has 0 unspecified atom stereocenters. The molecule has 3 heteroatoms. The van der Waals surface area contributed by atoms with Crippen molar-refractivity contribution in [2.75, 3.05) is 13.4 Å². The minimum absolute atomic E-state index is 0.359. The summed E-state index contributed by atoms with van der Waals surface area (Å²) in [5.74, 6) is 0.865. The smallest absolute Gasteiger partial charge is 0.125 e. The van der Waals surface area contributed by atoms with E-state index in [0.717, 1.165) is 11.3 Å². The molecule has 0 saturated carbocycles. The number of ether oxygens (including phenoxy) is 1. The normalized spacial score (nSPS) is 11.5. The number of rotatable bonds is 3. The van der Waals surface area contributed by atoms with Gasteiger partial charge in [0, 0.05) is 16.0 Å². The van der Waals surface area contributed by atoms with Gasteiger partial charge in [-0.05, 0) is 32.2 Å². The van der Waals surface area contributed by atoms with Crippen LogP contribution in [0, 0.1) is 0 Å². The van der Waals surface area contributed by atoms with E-state index in [-0.39, 0.29) is 5.54 Å². The highest BCUT2D eigenvalue weighted by molar-refractivity contribution is 7.98. The van der Waals surface area contributed by atoms with Gasteiger partial charge in [-0.1, -0.05) is 6.07 Å². The van der Waals surface area contributed by atoms with Gasteiger partial charge in [0.15, 0.2) is 0 Å². The molecule has 0 heterocycles. The van der Waals surface area contributed by atoms with Gasteiger partial charge in [-0.2, -0.15) is 0 Å². The Morgan fingerprint density at radius 1 is 1.36 bits per heavy atom. The van der Waals surface area contributed by atoms with Crippen molar-refractivity contribution in [1.29, 1.82) is 0 Å². The number of hydrogen-bond acceptors (Lipinski definition) is 3. The van der Waals surface area contributed by atoms with Crippen LogP contribution in [0.2, 0.25) is 0 Å². The van der Waals surface area contributed by atoms with E-state index in [0.29, 0.717) is 0 Å².